The van der Waals surface area contributed by atoms with Crippen molar-refractivity contribution in [3.63, 3.8) is 0 Å². The molecule has 8 heteroatoms. The average Bonchev–Trinajstić information content (AvgIpc) is 2.52. The van der Waals surface area contributed by atoms with Crippen LogP contribution in [0.3, 0.4) is 0 Å². The Morgan fingerprint density at radius 3 is 2.60 bits per heavy atom. The maximum Gasteiger partial charge on any atom is 0.315 e. The molecule has 0 bridgehead atoms. The Kier molecular flexibility index (Phi) is 9.77. The van der Waals surface area contributed by atoms with E-state index in [-0.39, 0.29) is 43.2 Å². The summed E-state index contributed by atoms with van der Waals surface area (Å²) in [7, 11) is 4.00. The van der Waals surface area contributed by atoms with Gasteiger partial charge in [-0.05, 0) is 53.8 Å². The molecule has 0 aromatic heterocycles. The van der Waals surface area contributed by atoms with Crippen molar-refractivity contribution >= 4 is 11.9 Å². The van der Waals surface area contributed by atoms with Crippen LogP contribution in [0, 0.1) is 0 Å². The van der Waals surface area contributed by atoms with Gasteiger partial charge in [0.25, 0.3) is 0 Å². The fourth-order valence-corrected chi connectivity index (χ4v) is 2.82. The van der Waals surface area contributed by atoms with Crippen LogP contribution in [0.1, 0.15) is 39.5 Å². The quantitative estimate of drug-likeness (QED) is 0.437. The number of urea groups is 1. The standard InChI is InChI=1S/C17H34N4O4/c1-12(2)19-17(24)20-14-7-6-13(25-15(14)11-22)10-16(23)18-8-5-9-21(3)4/h12-15,22H,5-11H2,1-4H3,(H,18,23)(H2,19,20,24)/t13-,14+,15+/m0/s1. The minimum atomic E-state index is -0.488. The van der Waals surface area contributed by atoms with E-state index in [1.54, 1.807) is 0 Å². The molecule has 1 aliphatic rings. The summed E-state index contributed by atoms with van der Waals surface area (Å²) < 4.78 is 5.81. The normalized spacial score (nSPS) is 23.6. The molecule has 1 saturated heterocycles. The third kappa shape index (κ3) is 9.04. The fraction of sp³-hybridized carbons (Fsp3) is 0.882. The number of amides is 3. The van der Waals surface area contributed by atoms with Crippen molar-refractivity contribution in [3.8, 4) is 0 Å². The number of ether oxygens (including phenoxy) is 1. The van der Waals surface area contributed by atoms with E-state index in [9.17, 15) is 14.7 Å². The first-order chi connectivity index (χ1) is 11.8. The van der Waals surface area contributed by atoms with Crippen LogP contribution in [-0.2, 0) is 9.53 Å². The van der Waals surface area contributed by atoms with E-state index in [1.807, 2.05) is 27.9 Å². The van der Waals surface area contributed by atoms with E-state index in [0.717, 1.165) is 13.0 Å². The summed E-state index contributed by atoms with van der Waals surface area (Å²) in [5, 5.41) is 18.0. The van der Waals surface area contributed by atoms with Crippen molar-refractivity contribution in [2.45, 2.75) is 63.8 Å². The maximum atomic E-state index is 12.0. The number of carbonyl (C=O) groups is 2. The predicted octanol–water partition coefficient (Wildman–Crippen LogP) is 0.0605. The van der Waals surface area contributed by atoms with Gasteiger partial charge < -0.3 is 30.7 Å². The molecular weight excluding hydrogens is 324 g/mol. The molecular formula is C17H34N4O4. The molecule has 0 saturated carbocycles. The lowest BCUT2D eigenvalue weighted by Gasteiger charge is -2.36. The van der Waals surface area contributed by atoms with Gasteiger partial charge in [-0.15, -0.1) is 0 Å². The first kappa shape index (κ1) is 21.7. The number of hydrogen-bond acceptors (Lipinski definition) is 5. The van der Waals surface area contributed by atoms with Crippen LogP contribution in [0.25, 0.3) is 0 Å². The topological polar surface area (TPSA) is 103 Å². The molecule has 0 aromatic rings. The number of hydrogen-bond donors (Lipinski definition) is 4. The molecule has 1 heterocycles. The van der Waals surface area contributed by atoms with Crippen molar-refractivity contribution in [2.24, 2.45) is 0 Å². The SMILES string of the molecule is CC(C)NC(=O)N[C@@H]1CC[C@@H](CC(=O)NCCCN(C)C)O[C@@H]1CO. The Morgan fingerprint density at radius 1 is 1.28 bits per heavy atom. The van der Waals surface area contributed by atoms with E-state index >= 15 is 0 Å². The van der Waals surface area contributed by atoms with Crippen LogP contribution in [0.5, 0.6) is 0 Å². The lowest BCUT2D eigenvalue weighted by Crippen LogP contribution is -2.54. The summed E-state index contributed by atoms with van der Waals surface area (Å²) in [6, 6.07) is -0.469. The van der Waals surface area contributed by atoms with Gasteiger partial charge >= 0.3 is 6.03 Å². The molecule has 146 valence electrons. The van der Waals surface area contributed by atoms with Crippen LogP contribution < -0.4 is 16.0 Å². The largest absolute Gasteiger partial charge is 0.394 e. The highest BCUT2D eigenvalue weighted by Gasteiger charge is 2.32. The zero-order valence-corrected chi connectivity index (χ0v) is 15.9. The number of carbonyl (C=O) groups excluding carboxylic acids is 2. The molecule has 25 heavy (non-hydrogen) atoms. The number of aliphatic hydroxyl groups is 1. The molecule has 1 rings (SSSR count). The van der Waals surface area contributed by atoms with Crippen molar-refractivity contribution < 1.29 is 19.4 Å². The lowest BCUT2D eigenvalue weighted by atomic mass is 9.97. The summed E-state index contributed by atoms with van der Waals surface area (Å²) in [5.41, 5.74) is 0. The predicted molar refractivity (Wildman–Crippen MR) is 96.4 cm³/mol. The van der Waals surface area contributed by atoms with Gasteiger partial charge in [-0.1, -0.05) is 0 Å². The van der Waals surface area contributed by atoms with Gasteiger partial charge in [0.1, 0.15) is 6.10 Å². The monoisotopic (exact) mass is 358 g/mol. The zero-order valence-electron chi connectivity index (χ0n) is 15.9. The Hall–Kier alpha value is -1.38. The van der Waals surface area contributed by atoms with Crippen molar-refractivity contribution in [3.05, 3.63) is 0 Å². The number of aliphatic hydroxyl groups excluding tert-OH is 1. The first-order valence-electron chi connectivity index (χ1n) is 9.06. The molecule has 4 N–H and O–H groups in total. The van der Waals surface area contributed by atoms with Crippen LogP contribution in [-0.4, -0.2) is 80.0 Å². The van der Waals surface area contributed by atoms with Crippen molar-refractivity contribution in [1.29, 1.82) is 0 Å². The molecule has 0 aliphatic carbocycles. The third-order valence-corrected chi connectivity index (χ3v) is 4.05. The second-order valence-electron chi connectivity index (χ2n) is 7.15. The average molecular weight is 358 g/mol. The minimum absolute atomic E-state index is 0.0376. The first-order valence-corrected chi connectivity index (χ1v) is 9.06. The summed E-state index contributed by atoms with van der Waals surface area (Å²) in [6.45, 7) is 5.15. The summed E-state index contributed by atoms with van der Waals surface area (Å²) in [5.74, 6) is -0.0376. The van der Waals surface area contributed by atoms with E-state index < -0.39 is 6.10 Å². The van der Waals surface area contributed by atoms with Gasteiger partial charge in [0.15, 0.2) is 0 Å². The molecule has 1 aliphatic heterocycles. The second-order valence-corrected chi connectivity index (χ2v) is 7.15. The van der Waals surface area contributed by atoms with Gasteiger partial charge in [0.05, 0.1) is 25.2 Å². The van der Waals surface area contributed by atoms with E-state index in [2.05, 4.69) is 20.9 Å². The number of rotatable bonds is 9. The smallest absolute Gasteiger partial charge is 0.315 e. The molecule has 0 unspecified atom stereocenters. The molecule has 0 radical (unpaired) electrons. The minimum Gasteiger partial charge on any atom is -0.394 e. The Morgan fingerprint density at radius 2 is 2.00 bits per heavy atom. The Labute approximate surface area is 150 Å². The maximum absolute atomic E-state index is 12.0. The van der Waals surface area contributed by atoms with E-state index in [0.29, 0.717) is 19.4 Å². The Bertz CT molecular complexity index is 417. The van der Waals surface area contributed by atoms with Gasteiger partial charge in [0, 0.05) is 12.6 Å². The van der Waals surface area contributed by atoms with Crippen molar-refractivity contribution in [1.82, 2.24) is 20.9 Å². The molecule has 1 fully saturated rings. The highest BCUT2D eigenvalue weighted by molar-refractivity contribution is 5.76. The number of nitrogens with zero attached hydrogens (tertiary/aromatic N) is 1. The highest BCUT2D eigenvalue weighted by Crippen LogP contribution is 2.21. The zero-order chi connectivity index (χ0) is 18.8. The van der Waals surface area contributed by atoms with Crippen molar-refractivity contribution in [2.75, 3.05) is 33.8 Å². The van der Waals surface area contributed by atoms with Gasteiger partial charge in [0.2, 0.25) is 5.91 Å². The van der Waals surface area contributed by atoms with Gasteiger partial charge in [-0.25, -0.2) is 4.79 Å². The molecule has 0 aromatic carbocycles. The van der Waals surface area contributed by atoms with E-state index in [4.69, 9.17) is 4.74 Å². The Balaban J connectivity index is 2.34. The third-order valence-electron chi connectivity index (χ3n) is 4.05. The van der Waals surface area contributed by atoms with Crippen LogP contribution >= 0.6 is 0 Å². The van der Waals surface area contributed by atoms with Crippen LogP contribution in [0.4, 0.5) is 4.79 Å². The molecule has 3 atom stereocenters. The second kappa shape index (κ2) is 11.3. The molecule has 0 spiro atoms. The molecule has 8 nitrogen and oxygen atoms in total. The lowest BCUT2D eigenvalue weighted by molar-refractivity contribution is -0.130. The van der Waals surface area contributed by atoms with Crippen LogP contribution in [0.15, 0.2) is 0 Å². The summed E-state index contributed by atoms with van der Waals surface area (Å²) in [4.78, 5) is 25.9. The summed E-state index contributed by atoms with van der Waals surface area (Å²) in [6.07, 6.45) is 1.82. The summed E-state index contributed by atoms with van der Waals surface area (Å²) >= 11 is 0. The van der Waals surface area contributed by atoms with Gasteiger partial charge in [-0.2, -0.15) is 0 Å². The van der Waals surface area contributed by atoms with Gasteiger partial charge in [-0.3, -0.25) is 4.79 Å². The molecule has 3 amide bonds. The highest BCUT2D eigenvalue weighted by atomic mass is 16.5. The van der Waals surface area contributed by atoms with Crippen LogP contribution in [0.2, 0.25) is 0 Å². The number of nitrogens with one attached hydrogen (secondary N) is 3. The van der Waals surface area contributed by atoms with E-state index in [1.165, 1.54) is 0 Å². The fourth-order valence-electron chi connectivity index (χ4n) is 2.82.